The van der Waals surface area contributed by atoms with Crippen LogP contribution in [0.5, 0.6) is 0 Å². The summed E-state index contributed by atoms with van der Waals surface area (Å²) in [6.45, 7) is 3.95. The van der Waals surface area contributed by atoms with Crippen molar-refractivity contribution in [1.29, 1.82) is 0 Å². The number of nitrogen functional groups attached to an aromatic ring is 1. The topological polar surface area (TPSA) is 107 Å². The number of rotatable bonds is 4. The lowest BCUT2D eigenvalue weighted by Crippen LogP contribution is -2.26. The standard InChI is InChI=1S/C12H15N5O2/c1-7-5-9(6-10(13)15-7)12(18)14-4-3-11-16-8(2)17-19-11/h5-6H,3-4H2,1-2H3,(H2,13,15)(H,14,18). The Morgan fingerprint density at radius 3 is 2.79 bits per heavy atom. The van der Waals surface area contributed by atoms with Gasteiger partial charge in [-0.1, -0.05) is 5.16 Å². The van der Waals surface area contributed by atoms with Crippen molar-refractivity contribution in [3.05, 3.63) is 35.1 Å². The lowest BCUT2D eigenvalue weighted by molar-refractivity contribution is 0.0953. The molecule has 0 aliphatic heterocycles. The highest BCUT2D eigenvalue weighted by atomic mass is 16.5. The van der Waals surface area contributed by atoms with Gasteiger partial charge in [0, 0.05) is 24.2 Å². The monoisotopic (exact) mass is 261 g/mol. The Labute approximate surface area is 110 Å². The lowest BCUT2D eigenvalue weighted by atomic mass is 10.2. The van der Waals surface area contributed by atoms with Crippen LogP contribution in [0.15, 0.2) is 16.7 Å². The Bertz CT molecular complexity index is 573. The third kappa shape index (κ3) is 3.51. The van der Waals surface area contributed by atoms with Crippen LogP contribution < -0.4 is 11.1 Å². The van der Waals surface area contributed by atoms with Crippen LogP contribution in [0.4, 0.5) is 5.82 Å². The van der Waals surface area contributed by atoms with Crippen molar-refractivity contribution in [2.24, 2.45) is 0 Å². The molecule has 2 rings (SSSR count). The maximum atomic E-state index is 11.9. The summed E-state index contributed by atoms with van der Waals surface area (Å²) in [6.07, 6.45) is 0.492. The molecule has 0 aliphatic rings. The first-order valence-corrected chi connectivity index (χ1v) is 5.86. The first-order valence-electron chi connectivity index (χ1n) is 5.86. The van der Waals surface area contributed by atoms with Gasteiger partial charge in [0.2, 0.25) is 5.89 Å². The summed E-state index contributed by atoms with van der Waals surface area (Å²) in [4.78, 5) is 19.9. The number of pyridine rings is 1. The van der Waals surface area contributed by atoms with E-state index in [0.717, 1.165) is 0 Å². The van der Waals surface area contributed by atoms with E-state index in [9.17, 15) is 4.79 Å². The number of aryl methyl sites for hydroxylation is 2. The molecule has 0 saturated carbocycles. The number of hydrogen-bond acceptors (Lipinski definition) is 6. The lowest BCUT2D eigenvalue weighted by Gasteiger charge is -2.05. The van der Waals surface area contributed by atoms with Gasteiger partial charge in [0.15, 0.2) is 5.82 Å². The molecule has 0 spiro atoms. The van der Waals surface area contributed by atoms with Gasteiger partial charge in [0.05, 0.1) is 0 Å². The Balaban J connectivity index is 1.90. The van der Waals surface area contributed by atoms with Gasteiger partial charge in [0.25, 0.3) is 5.91 Å². The van der Waals surface area contributed by atoms with E-state index in [1.807, 2.05) is 0 Å². The predicted molar refractivity (Wildman–Crippen MR) is 68.5 cm³/mol. The van der Waals surface area contributed by atoms with Gasteiger partial charge in [-0.25, -0.2) is 4.98 Å². The maximum Gasteiger partial charge on any atom is 0.251 e. The summed E-state index contributed by atoms with van der Waals surface area (Å²) in [6, 6.07) is 3.22. The van der Waals surface area contributed by atoms with E-state index in [4.69, 9.17) is 10.3 Å². The molecule has 100 valence electrons. The maximum absolute atomic E-state index is 11.9. The molecule has 0 saturated heterocycles. The van der Waals surface area contributed by atoms with E-state index in [2.05, 4.69) is 20.4 Å². The molecule has 1 amide bonds. The first-order chi connectivity index (χ1) is 9.04. The fourth-order valence-corrected chi connectivity index (χ4v) is 1.65. The van der Waals surface area contributed by atoms with Gasteiger partial charge < -0.3 is 15.6 Å². The van der Waals surface area contributed by atoms with Crippen LogP contribution in [0.3, 0.4) is 0 Å². The molecule has 19 heavy (non-hydrogen) atoms. The summed E-state index contributed by atoms with van der Waals surface area (Å²) >= 11 is 0. The molecule has 0 atom stereocenters. The van der Waals surface area contributed by atoms with E-state index in [1.165, 1.54) is 0 Å². The summed E-state index contributed by atoms with van der Waals surface area (Å²) < 4.78 is 4.95. The average Bonchev–Trinajstić information content (AvgIpc) is 2.73. The van der Waals surface area contributed by atoms with Crippen LogP contribution in [-0.4, -0.2) is 27.6 Å². The molecule has 0 unspecified atom stereocenters. The Morgan fingerprint density at radius 1 is 1.37 bits per heavy atom. The fourth-order valence-electron chi connectivity index (χ4n) is 1.65. The number of nitrogens with zero attached hydrogens (tertiary/aromatic N) is 3. The second-order valence-electron chi connectivity index (χ2n) is 4.16. The third-order valence-corrected chi connectivity index (χ3v) is 2.43. The van der Waals surface area contributed by atoms with Crippen LogP contribution in [0.1, 0.15) is 27.8 Å². The molecule has 2 aromatic rings. The molecular weight excluding hydrogens is 246 g/mol. The zero-order valence-corrected chi connectivity index (χ0v) is 10.8. The molecular formula is C12H15N5O2. The molecule has 0 aliphatic carbocycles. The van der Waals surface area contributed by atoms with E-state index >= 15 is 0 Å². The number of aromatic nitrogens is 3. The van der Waals surface area contributed by atoms with Crippen LogP contribution in [-0.2, 0) is 6.42 Å². The van der Waals surface area contributed by atoms with Gasteiger partial charge >= 0.3 is 0 Å². The van der Waals surface area contributed by atoms with Crippen molar-refractivity contribution in [1.82, 2.24) is 20.4 Å². The smallest absolute Gasteiger partial charge is 0.251 e. The molecule has 2 aromatic heterocycles. The van der Waals surface area contributed by atoms with Gasteiger partial charge in [0.1, 0.15) is 5.82 Å². The van der Waals surface area contributed by atoms with Crippen LogP contribution in [0, 0.1) is 13.8 Å². The number of carbonyl (C=O) groups excluding carboxylic acids is 1. The van der Waals surface area contributed by atoms with E-state index in [1.54, 1.807) is 26.0 Å². The second kappa shape index (κ2) is 5.47. The summed E-state index contributed by atoms with van der Waals surface area (Å²) in [5.41, 5.74) is 6.79. The largest absolute Gasteiger partial charge is 0.384 e. The highest BCUT2D eigenvalue weighted by Crippen LogP contribution is 2.06. The van der Waals surface area contributed by atoms with Crippen molar-refractivity contribution in [3.8, 4) is 0 Å². The Hall–Kier alpha value is -2.44. The highest BCUT2D eigenvalue weighted by molar-refractivity contribution is 5.94. The van der Waals surface area contributed by atoms with Crippen molar-refractivity contribution in [2.75, 3.05) is 12.3 Å². The minimum Gasteiger partial charge on any atom is -0.384 e. The first kappa shape index (κ1) is 13.0. The molecule has 2 heterocycles. The third-order valence-electron chi connectivity index (χ3n) is 2.43. The molecule has 0 radical (unpaired) electrons. The van der Waals surface area contributed by atoms with Gasteiger partial charge in [-0.2, -0.15) is 4.98 Å². The summed E-state index contributed by atoms with van der Waals surface area (Å²) in [5, 5.41) is 6.43. The van der Waals surface area contributed by atoms with Crippen molar-refractivity contribution in [2.45, 2.75) is 20.3 Å². The average molecular weight is 261 g/mol. The minimum absolute atomic E-state index is 0.201. The van der Waals surface area contributed by atoms with Crippen LogP contribution in [0.2, 0.25) is 0 Å². The Kier molecular flexibility index (Phi) is 3.74. The Morgan fingerprint density at radius 2 is 2.16 bits per heavy atom. The number of amides is 1. The normalized spacial score (nSPS) is 10.4. The SMILES string of the molecule is Cc1cc(C(=O)NCCc2nc(C)no2)cc(N)n1. The van der Waals surface area contributed by atoms with Crippen LogP contribution >= 0.6 is 0 Å². The molecule has 0 bridgehead atoms. The van der Waals surface area contributed by atoms with E-state index < -0.39 is 0 Å². The van der Waals surface area contributed by atoms with Gasteiger partial charge in [-0.15, -0.1) is 0 Å². The molecule has 3 N–H and O–H groups in total. The molecule has 7 heteroatoms. The van der Waals surface area contributed by atoms with E-state index in [0.29, 0.717) is 41.8 Å². The van der Waals surface area contributed by atoms with Crippen molar-refractivity contribution >= 4 is 11.7 Å². The molecule has 7 nitrogen and oxygen atoms in total. The van der Waals surface area contributed by atoms with Crippen LogP contribution in [0.25, 0.3) is 0 Å². The number of anilines is 1. The minimum atomic E-state index is -0.201. The number of nitrogens with two attached hydrogens (primary N) is 1. The fraction of sp³-hybridized carbons (Fsp3) is 0.333. The van der Waals surface area contributed by atoms with Gasteiger partial charge in [-0.05, 0) is 26.0 Å². The quantitative estimate of drug-likeness (QED) is 0.836. The van der Waals surface area contributed by atoms with Crippen molar-refractivity contribution in [3.63, 3.8) is 0 Å². The highest BCUT2D eigenvalue weighted by Gasteiger charge is 2.08. The van der Waals surface area contributed by atoms with E-state index in [-0.39, 0.29) is 5.91 Å². The summed E-state index contributed by atoms with van der Waals surface area (Å²) in [7, 11) is 0. The van der Waals surface area contributed by atoms with Gasteiger partial charge in [-0.3, -0.25) is 4.79 Å². The summed E-state index contributed by atoms with van der Waals surface area (Å²) in [5.74, 6) is 1.22. The molecule has 0 fully saturated rings. The number of carbonyl (C=O) groups is 1. The van der Waals surface area contributed by atoms with Crippen molar-refractivity contribution < 1.29 is 9.32 Å². The zero-order valence-electron chi connectivity index (χ0n) is 10.8. The molecule has 0 aromatic carbocycles. The predicted octanol–water partition coefficient (Wildman–Crippen LogP) is 0.636. The number of hydrogen-bond donors (Lipinski definition) is 2. The zero-order chi connectivity index (χ0) is 13.8. The second-order valence-corrected chi connectivity index (χ2v) is 4.16. The number of nitrogens with one attached hydrogen (secondary N) is 1.